The Morgan fingerprint density at radius 2 is 1.48 bits per heavy atom. The van der Waals surface area contributed by atoms with Crippen molar-refractivity contribution >= 4 is 22.2 Å². The smallest absolute Gasteiger partial charge is 0.450 e. The highest BCUT2D eigenvalue weighted by atomic mass is 32.2. The molecular formula is C13H25N3O6S. The molecule has 0 bridgehead atoms. The molecule has 2 aliphatic rings. The summed E-state index contributed by atoms with van der Waals surface area (Å²) in [5.74, 6) is 0. The van der Waals surface area contributed by atoms with Crippen molar-refractivity contribution in [3.63, 3.8) is 0 Å². The quantitative estimate of drug-likeness (QED) is 0.676. The van der Waals surface area contributed by atoms with Gasteiger partial charge in [-0.25, -0.2) is 18.0 Å². The van der Waals surface area contributed by atoms with E-state index in [1.165, 1.54) is 29.8 Å². The second-order valence-electron chi connectivity index (χ2n) is 5.72. The molecule has 1 heterocycles. The lowest BCUT2D eigenvalue weighted by Crippen LogP contribution is -2.54. The van der Waals surface area contributed by atoms with Crippen LogP contribution in [-0.2, 0) is 10.0 Å². The van der Waals surface area contributed by atoms with Gasteiger partial charge in [0.25, 0.3) is 0 Å². The number of carbonyl (C=O) groups excluding carboxylic acids is 1. The first kappa shape index (κ1) is 19.5. The number of carboxylic acid groups (broad SMARTS) is 2. The number of amides is 2. The summed E-state index contributed by atoms with van der Waals surface area (Å²) in [6.45, 7) is 1.76. The van der Waals surface area contributed by atoms with Gasteiger partial charge in [-0.05, 0) is 12.8 Å². The van der Waals surface area contributed by atoms with Gasteiger partial charge in [0.15, 0.2) is 0 Å². The van der Waals surface area contributed by atoms with E-state index in [0.29, 0.717) is 32.2 Å². The molecule has 2 rings (SSSR count). The van der Waals surface area contributed by atoms with Crippen LogP contribution in [0.5, 0.6) is 0 Å². The molecular weight excluding hydrogens is 326 g/mol. The van der Waals surface area contributed by atoms with Crippen LogP contribution in [-0.4, -0.2) is 78.5 Å². The number of hydrogen-bond acceptors (Lipinski definition) is 4. The molecule has 0 atom stereocenters. The highest BCUT2D eigenvalue weighted by Gasteiger charge is 2.27. The molecule has 0 radical (unpaired) electrons. The average Bonchev–Trinajstić information content (AvgIpc) is 2.47. The van der Waals surface area contributed by atoms with E-state index in [0.717, 1.165) is 12.8 Å². The first-order valence-corrected chi connectivity index (χ1v) is 9.47. The summed E-state index contributed by atoms with van der Waals surface area (Å²) in [7, 11) is -3.13. The van der Waals surface area contributed by atoms with Crippen molar-refractivity contribution in [3.05, 3.63) is 0 Å². The van der Waals surface area contributed by atoms with E-state index in [2.05, 4.69) is 5.32 Å². The van der Waals surface area contributed by atoms with Gasteiger partial charge >= 0.3 is 12.2 Å². The van der Waals surface area contributed by atoms with Gasteiger partial charge in [-0.3, -0.25) is 0 Å². The molecule has 0 aromatic carbocycles. The number of rotatable bonds is 2. The Hall–Kier alpha value is -1.55. The molecule has 1 aliphatic carbocycles. The lowest BCUT2D eigenvalue weighted by atomic mass is 9.96. The predicted molar refractivity (Wildman–Crippen MR) is 84.0 cm³/mol. The minimum Gasteiger partial charge on any atom is -0.450 e. The third-order valence-corrected chi connectivity index (χ3v) is 5.23. The Morgan fingerprint density at radius 1 is 1.00 bits per heavy atom. The van der Waals surface area contributed by atoms with Crippen LogP contribution in [0.2, 0.25) is 0 Å². The molecule has 134 valence electrons. The largest absolute Gasteiger partial charge is 0.503 e. The monoisotopic (exact) mass is 351 g/mol. The molecule has 2 fully saturated rings. The number of piperazine rings is 1. The Labute approximate surface area is 136 Å². The standard InChI is InChI=1S/C12H23N3O3S.CH2O3/c1-19(17,18)15-9-7-14(8-10-15)12(16)13-11-5-3-2-4-6-11;2-1(3)4/h11H,2-10H2,1H3,(H,13,16);(H2,2,3,4). The molecule has 0 unspecified atom stereocenters. The topological polar surface area (TPSA) is 127 Å². The van der Waals surface area contributed by atoms with Gasteiger partial charge < -0.3 is 20.4 Å². The minimum absolute atomic E-state index is 0.0416. The van der Waals surface area contributed by atoms with Crippen LogP contribution in [0.4, 0.5) is 9.59 Å². The Kier molecular flexibility index (Phi) is 7.56. The van der Waals surface area contributed by atoms with Crippen LogP contribution in [0.3, 0.4) is 0 Å². The van der Waals surface area contributed by atoms with Crippen molar-refractivity contribution in [2.45, 2.75) is 38.1 Å². The normalized spacial score (nSPS) is 20.3. The molecule has 0 spiro atoms. The van der Waals surface area contributed by atoms with Crippen LogP contribution in [0.15, 0.2) is 0 Å². The number of nitrogens with zero attached hydrogens (tertiary/aromatic N) is 2. The van der Waals surface area contributed by atoms with Gasteiger partial charge in [0.05, 0.1) is 6.26 Å². The second kappa shape index (κ2) is 8.92. The van der Waals surface area contributed by atoms with Gasteiger partial charge in [0, 0.05) is 32.2 Å². The first-order chi connectivity index (χ1) is 10.7. The Bertz CT molecular complexity index is 492. The van der Waals surface area contributed by atoms with E-state index in [1.807, 2.05) is 0 Å². The van der Waals surface area contributed by atoms with E-state index in [1.54, 1.807) is 4.90 Å². The molecule has 0 aromatic rings. The highest BCUT2D eigenvalue weighted by Crippen LogP contribution is 2.17. The molecule has 9 nitrogen and oxygen atoms in total. The van der Waals surface area contributed by atoms with E-state index < -0.39 is 16.2 Å². The molecule has 1 saturated carbocycles. The molecule has 3 N–H and O–H groups in total. The van der Waals surface area contributed by atoms with Crippen molar-refractivity contribution in [2.75, 3.05) is 32.4 Å². The summed E-state index contributed by atoms with van der Waals surface area (Å²) in [4.78, 5) is 22.3. The number of nitrogens with one attached hydrogen (secondary N) is 1. The average molecular weight is 351 g/mol. The van der Waals surface area contributed by atoms with Crippen LogP contribution in [0.1, 0.15) is 32.1 Å². The SMILES string of the molecule is CS(=O)(=O)N1CCN(C(=O)NC2CCCCC2)CC1.O=C(O)O. The van der Waals surface area contributed by atoms with Gasteiger partial charge in [0.2, 0.25) is 10.0 Å². The van der Waals surface area contributed by atoms with Crippen LogP contribution >= 0.6 is 0 Å². The summed E-state index contributed by atoms with van der Waals surface area (Å²) in [6.07, 6.45) is 5.15. The van der Waals surface area contributed by atoms with Gasteiger partial charge in [0.1, 0.15) is 0 Å². The highest BCUT2D eigenvalue weighted by molar-refractivity contribution is 7.88. The fourth-order valence-corrected chi connectivity index (χ4v) is 3.56. The number of hydrogen-bond donors (Lipinski definition) is 3. The third-order valence-electron chi connectivity index (χ3n) is 3.93. The van der Waals surface area contributed by atoms with E-state index in [-0.39, 0.29) is 6.03 Å². The lowest BCUT2D eigenvalue weighted by Gasteiger charge is -2.34. The van der Waals surface area contributed by atoms with Crippen LogP contribution in [0.25, 0.3) is 0 Å². The molecule has 0 aromatic heterocycles. The first-order valence-electron chi connectivity index (χ1n) is 7.62. The zero-order valence-corrected chi connectivity index (χ0v) is 14.1. The van der Waals surface area contributed by atoms with Gasteiger partial charge in [-0.2, -0.15) is 4.31 Å². The zero-order valence-electron chi connectivity index (χ0n) is 13.3. The summed E-state index contributed by atoms with van der Waals surface area (Å²) in [5.41, 5.74) is 0. The number of urea groups is 1. The summed E-state index contributed by atoms with van der Waals surface area (Å²) < 4.78 is 24.2. The summed E-state index contributed by atoms with van der Waals surface area (Å²) in [6, 6.07) is 0.259. The number of sulfonamides is 1. The predicted octanol–water partition coefficient (Wildman–Crippen LogP) is 0.828. The second-order valence-corrected chi connectivity index (χ2v) is 7.70. The fraction of sp³-hybridized carbons (Fsp3) is 0.846. The molecule has 23 heavy (non-hydrogen) atoms. The molecule has 10 heteroatoms. The lowest BCUT2D eigenvalue weighted by molar-refractivity contribution is 0.137. The minimum atomic E-state index is -3.13. The van der Waals surface area contributed by atoms with Crippen molar-refractivity contribution < 1.29 is 28.2 Å². The maximum atomic E-state index is 12.1. The third kappa shape index (κ3) is 7.51. The zero-order chi connectivity index (χ0) is 17.5. The van der Waals surface area contributed by atoms with E-state index >= 15 is 0 Å². The number of carbonyl (C=O) groups is 2. The van der Waals surface area contributed by atoms with Crippen molar-refractivity contribution in [1.29, 1.82) is 0 Å². The molecule has 2 amide bonds. The van der Waals surface area contributed by atoms with Crippen molar-refractivity contribution in [2.24, 2.45) is 0 Å². The summed E-state index contributed by atoms with van der Waals surface area (Å²) >= 11 is 0. The Morgan fingerprint density at radius 3 is 1.91 bits per heavy atom. The molecule has 1 aliphatic heterocycles. The van der Waals surface area contributed by atoms with Gasteiger partial charge in [-0.15, -0.1) is 0 Å². The fourth-order valence-electron chi connectivity index (χ4n) is 2.74. The van der Waals surface area contributed by atoms with Gasteiger partial charge in [-0.1, -0.05) is 19.3 Å². The Balaban J connectivity index is 0.000000593. The maximum absolute atomic E-state index is 12.1. The molecule has 1 saturated heterocycles. The van der Waals surface area contributed by atoms with E-state index in [9.17, 15) is 13.2 Å². The van der Waals surface area contributed by atoms with Crippen LogP contribution in [0, 0.1) is 0 Å². The van der Waals surface area contributed by atoms with E-state index in [4.69, 9.17) is 15.0 Å². The van der Waals surface area contributed by atoms with Crippen molar-refractivity contribution in [3.8, 4) is 0 Å². The maximum Gasteiger partial charge on any atom is 0.503 e. The van der Waals surface area contributed by atoms with Crippen LogP contribution < -0.4 is 5.32 Å². The summed E-state index contributed by atoms with van der Waals surface area (Å²) in [5, 5.41) is 17.0. The van der Waals surface area contributed by atoms with Crippen molar-refractivity contribution in [1.82, 2.24) is 14.5 Å².